The summed E-state index contributed by atoms with van der Waals surface area (Å²) in [4.78, 5) is 4.59. The molecule has 0 aliphatic heterocycles. The largest absolute Gasteiger partial charge is 0.410 e. The Labute approximate surface area is 145 Å². The van der Waals surface area contributed by atoms with Gasteiger partial charge >= 0.3 is 6.18 Å². The maximum Gasteiger partial charge on any atom is 0.410 e. The van der Waals surface area contributed by atoms with Crippen LogP contribution in [0.1, 0.15) is 19.4 Å². The number of alkyl halides is 3. The molecular weight excluding hydrogens is 347 g/mol. The topological polar surface area (TPSA) is 76.7 Å². The minimum absolute atomic E-state index is 0.102. The first kappa shape index (κ1) is 16.3. The summed E-state index contributed by atoms with van der Waals surface area (Å²) in [6, 6.07) is 0.0779. The molecule has 1 unspecified atom stereocenters. The zero-order chi connectivity index (χ0) is 18.3. The van der Waals surface area contributed by atoms with Gasteiger partial charge in [-0.2, -0.15) is 28.5 Å². The highest BCUT2D eigenvalue weighted by Gasteiger charge is 2.40. The molecule has 0 saturated carbocycles. The lowest BCUT2D eigenvalue weighted by Crippen LogP contribution is -2.26. The minimum atomic E-state index is -4.37. The summed E-state index contributed by atoms with van der Waals surface area (Å²) in [7, 11) is 0. The Kier molecular flexibility index (Phi) is 3.74. The van der Waals surface area contributed by atoms with Gasteiger partial charge in [0, 0.05) is 23.5 Å². The van der Waals surface area contributed by atoms with Gasteiger partial charge in [-0.05, 0) is 12.5 Å². The van der Waals surface area contributed by atoms with Gasteiger partial charge in [-0.1, -0.05) is 6.92 Å². The van der Waals surface area contributed by atoms with Crippen LogP contribution in [0.15, 0.2) is 43.2 Å². The Balaban J connectivity index is 1.83. The number of halogens is 3. The van der Waals surface area contributed by atoms with Gasteiger partial charge in [0.25, 0.3) is 0 Å². The maximum absolute atomic E-state index is 13.2. The van der Waals surface area contributed by atoms with Gasteiger partial charge in [0.15, 0.2) is 0 Å². The van der Waals surface area contributed by atoms with Gasteiger partial charge < -0.3 is 0 Å². The second kappa shape index (κ2) is 5.97. The summed E-state index contributed by atoms with van der Waals surface area (Å²) in [5, 5.41) is 14.7. The van der Waals surface area contributed by atoms with Crippen molar-refractivity contribution < 1.29 is 13.2 Å². The van der Waals surface area contributed by atoms with E-state index in [1.165, 1.54) is 19.3 Å². The number of rotatable bonds is 4. The van der Waals surface area contributed by atoms with Gasteiger partial charge in [-0.3, -0.25) is 9.78 Å². The lowest BCUT2D eigenvalue weighted by Gasteiger charge is -2.18. The molecule has 134 valence electrons. The number of nitrogens with zero attached hydrogens (tertiary/aromatic N) is 6. The van der Waals surface area contributed by atoms with Crippen molar-refractivity contribution in [2.45, 2.75) is 25.6 Å². The fourth-order valence-electron chi connectivity index (χ4n) is 2.87. The molecule has 0 aliphatic carbocycles. The molecule has 4 heterocycles. The van der Waals surface area contributed by atoms with Crippen molar-refractivity contribution in [2.75, 3.05) is 0 Å². The van der Waals surface area contributed by atoms with Crippen molar-refractivity contribution in [1.29, 1.82) is 0 Å². The van der Waals surface area contributed by atoms with E-state index < -0.39 is 12.2 Å². The van der Waals surface area contributed by atoms with Crippen LogP contribution in [0.5, 0.6) is 0 Å². The predicted molar refractivity (Wildman–Crippen MR) is 87.2 cm³/mol. The molecule has 0 amide bonds. The van der Waals surface area contributed by atoms with Crippen LogP contribution < -0.4 is 0 Å². The summed E-state index contributed by atoms with van der Waals surface area (Å²) in [6.45, 7) is 1.48. The van der Waals surface area contributed by atoms with E-state index >= 15 is 0 Å². The number of hydrogen-bond donors (Lipinski definition) is 1. The van der Waals surface area contributed by atoms with Gasteiger partial charge in [0.1, 0.15) is 6.04 Å². The molecule has 0 fully saturated rings. The second-order valence-electron chi connectivity index (χ2n) is 5.80. The smallest absolute Gasteiger partial charge is 0.285 e. The molecule has 0 aliphatic rings. The molecule has 7 nitrogen and oxygen atoms in total. The van der Waals surface area contributed by atoms with E-state index in [1.807, 2.05) is 0 Å². The zero-order valence-corrected chi connectivity index (χ0v) is 13.6. The average molecular weight is 361 g/mol. The highest BCUT2D eigenvalue weighted by atomic mass is 19.4. The van der Waals surface area contributed by atoms with Crippen molar-refractivity contribution in [2.24, 2.45) is 0 Å². The minimum Gasteiger partial charge on any atom is -0.285 e. The summed E-state index contributed by atoms with van der Waals surface area (Å²) >= 11 is 0. The molecule has 0 spiro atoms. The summed E-state index contributed by atoms with van der Waals surface area (Å²) in [6.07, 6.45) is 4.93. The monoisotopic (exact) mass is 361 g/mol. The highest BCUT2D eigenvalue weighted by Crippen LogP contribution is 2.34. The van der Waals surface area contributed by atoms with E-state index in [4.69, 9.17) is 0 Å². The van der Waals surface area contributed by atoms with Crippen LogP contribution in [0.2, 0.25) is 0 Å². The van der Waals surface area contributed by atoms with Gasteiger partial charge in [0.05, 0.1) is 41.7 Å². The van der Waals surface area contributed by atoms with Crippen molar-refractivity contribution in [3.8, 4) is 22.5 Å². The lowest BCUT2D eigenvalue weighted by molar-refractivity contribution is -0.170. The molecule has 0 bridgehead atoms. The molecule has 4 aromatic rings. The Morgan fingerprint density at radius 2 is 2.00 bits per heavy atom. The van der Waals surface area contributed by atoms with E-state index in [9.17, 15) is 13.2 Å². The Morgan fingerprint density at radius 3 is 2.69 bits per heavy atom. The van der Waals surface area contributed by atoms with E-state index in [0.717, 1.165) is 10.2 Å². The number of fused-ring (bicyclic) bond motifs is 1. The Bertz CT molecular complexity index is 1030. The highest BCUT2D eigenvalue weighted by molar-refractivity contribution is 5.78. The second-order valence-corrected chi connectivity index (χ2v) is 5.80. The van der Waals surface area contributed by atoms with Crippen LogP contribution in [-0.2, 0) is 0 Å². The Hall–Kier alpha value is -3.17. The predicted octanol–water partition coefficient (Wildman–Crippen LogP) is 3.50. The fraction of sp³-hybridized carbons (Fsp3) is 0.250. The third-order valence-corrected chi connectivity index (χ3v) is 4.14. The van der Waals surface area contributed by atoms with Gasteiger partial charge in [0.2, 0.25) is 0 Å². The quantitative estimate of drug-likeness (QED) is 0.604. The van der Waals surface area contributed by atoms with Crippen LogP contribution in [-0.4, -0.2) is 40.8 Å². The van der Waals surface area contributed by atoms with Crippen molar-refractivity contribution in [3.63, 3.8) is 0 Å². The number of hydrogen-bond acceptors (Lipinski definition) is 4. The molecule has 1 atom stereocenters. The van der Waals surface area contributed by atoms with Crippen LogP contribution in [0.3, 0.4) is 0 Å². The molecule has 0 aromatic carbocycles. The summed E-state index contributed by atoms with van der Waals surface area (Å²) in [5.41, 5.74) is 3.02. The third kappa shape index (κ3) is 2.72. The first-order chi connectivity index (χ1) is 12.5. The number of H-pyrrole nitrogens is 1. The van der Waals surface area contributed by atoms with Crippen molar-refractivity contribution >= 4 is 5.52 Å². The SMILES string of the molecule is CCC(n1cc(-c2nc(-c3cn[nH]c3)cn3nccc23)cn1)C(F)(F)F. The van der Waals surface area contributed by atoms with Crippen LogP contribution in [0.25, 0.3) is 28.0 Å². The molecule has 4 rings (SSSR count). The third-order valence-electron chi connectivity index (χ3n) is 4.14. The molecule has 26 heavy (non-hydrogen) atoms. The fourth-order valence-corrected chi connectivity index (χ4v) is 2.87. The molecule has 0 saturated heterocycles. The van der Waals surface area contributed by atoms with Crippen LogP contribution in [0, 0.1) is 0 Å². The van der Waals surface area contributed by atoms with E-state index in [1.54, 1.807) is 35.4 Å². The van der Waals surface area contributed by atoms with Crippen LogP contribution >= 0.6 is 0 Å². The van der Waals surface area contributed by atoms with Gasteiger partial charge in [-0.15, -0.1) is 0 Å². The molecular formula is C16H14F3N7. The number of aromatic amines is 1. The first-order valence-corrected chi connectivity index (χ1v) is 7.92. The average Bonchev–Trinajstić information content (AvgIpc) is 3.34. The van der Waals surface area contributed by atoms with Gasteiger partial charge in [-0.25, -0.2) is 9.50 Å². The summed E-state index contributed by atoms with van der Waals surface area (Å²) < 4.78 is 42.1. The van der Waals surface area contributed by atoms with E-state index in [0.29, 0.717) is 22.5 Å². The summed E-state index contributed by atoms with van der Waals surface area (Å²) in [5.74, 6) is 0. The zero-order valence-electron chi connectivity index (χ0n) is 13.6. The van der Waals surface area contributed by atoms with Crippen molar-refractivity contribution in [3.05, 3.63) is 43.2 Å². The molecule has 4 aromatic heterocycles. The maximum atomic E-state index is 13.2. The first-order valence-electron chi connectivity index (χ1n) is 7.92. The number of nitrogens with one attached hydrogen (secondary N) is 1. The standard InChI is InChI=1S/C16H14F3N7/c1-2-14(16(17,18)19)26-8-11(7-23-26)15-13-3-4-22-25(13)9-12(24-15)10-5-20-21-6-10/h3-9,14H,2H2,1H3,(H,20,21). The lowest BCUT2D eigenvalue weighted by atomic mass is 10.2. The normalized spacial score (nSPS) is 13.4. The van der Waals surface area contributed by atoms with Crippen LogP contribution in [0.4, 0.5) is 13.2 Å². The van der Waals surface area contributed by atoms with E-state index in [2.05, 4.69) is 25.4 Å². The van der Waals surface area contributed by atoms with Crippen molar-refractivity contribution in [1.82, 2.24) is 34.6 Å². The molecule has 1 N–H and O–H groups in total. The molecule has 10 heteroatoms. The number of aromatic nitrogens is 7. The van der Waals surface area contributed by atoms with E-state index in [-0.39, 0.29) is 6.42 Å². The Morgan fingerprint density at radius 1 is 1.15 bits per heavy atom. The molecule has 0 radical (unpaired) electrons.